The lowest BCUT2D eigenvalue weighted by molar-refractivity contribution is -0.126. The first-order valence-electron chi connectivity index (χ1n) is 9.09. The predicted octanol–water partition coefficient (Wildman–Crippen LogP) is 1.70. The molecule has 0 bridgehead atoms. The minimum Gasteiger partial charge on any atom is -0.354 e. The van der Waals surface area contributed by atoms with Crippen molar-refractivity contribution in [2.45, 2.75) is 58.5 Å². The van der Waals surface area contributed by atoms with Gasteiger partial charge in [-0.15, -0.1) is 0 Å². The highest BCUT2D eigenvalue weighted by molar-refractivity contribution is 5.81. The fourth-order valence-electron chi connectivity index (χ4n) is 3.05. The molecule has 1 atom stereocenters. The van der Waals surface area contributed by atoms with Crippen molar-refractivity contribution in [2.75, 3.05) is 31.1 Å². The summed E-state index contributed by atoms with van der Waals surface area (Å²) >= 11 is 0. The monoisotopic (exact) mass is 331 g/mol. The Bertz CT molecular complexity index is 591. The van der Waals surface area contributed by atoms with Gasteiger partial charge in [-0.2, -0.15) is 0 Å². The zero-order valence-corrected chi connectivity index (χ0v) is 15.2. The van der Waals surface area contributed by atoms with Gasteiger partial charge in [-0.25, -0.2) is 9.97 Å². The number of hydrogen-bond donors (Lipinski definition) is 1. The van der Waals surface area contributed by atoms with E-state index in [2.05, 4.69) is 40.0 Å². The summed E-state index contributed by atoms with van der Waals surface area (Å²) in [5, 5.41) is 3.11. The molecule has 1 unspecified atom stereocenters. The van der Waals surface area contributed by atoms with Gasteiger partial charge in [0.25, 0.3) is 0 Å². The Kier molecular flexibility index (Phi) is 5.04. The van der Waals surface area contributed by atoms with Crippen LogP contribution >= 0.6 is 0 Å². The number of aromatic nitrogens is 2. The van der Waals surface area contributed by atoms with Crippen molar-refractivity contribution in [1.82, 2.24) is 20.2 Å². The van der Waals surface area contributed by atoms with Gasteiger partial charge in [0.2, 0.25) is 5.91 Å². The van der Waals surface area contributed by atoms with Crippen molar-refractivity contribution >= 4 is 11.7 Å². The van der Waals surface area contributed by atoms with Crippen molar-refractivity contribution in [3.8, 4) is 0 Å². The van der Waals surface area contributed by atoms with Gasteiger partial charge in [0.1, 0.15) is 11.6 Å². The molecule has 2 aliphatic rings. The summed E-state index contributed by atoms with van der Waals surface area (Å²) in [6.45, 7) is 11.9. The van der Waals surface area contributed by atoms with E-state index in [1.807, 2.05) is 13.8 Å². The number of anilines is 1. The van der Waals surface area contributed by atoms with Crippen LogP contribution in [0.5, 0.6) is 0 Å². The van der Waals surface area contributed by atoms with Gasteiger partial charge in [0, 0.05) is 49.9 Å². The number of rotatable bonds is 5. The van der Waals surface area contributed by atoms with Crippen molar-refractivity contribution in [1.29, 1.82) is 0 Å². The minimum absolute atomic E-state index is 0.0499. The molecule has 1 saturated heterocycles. The average Bonchev–Trinajstić information content (AvgIpc) is 3.37. The van der Waals surface area contributed by atoms with Crippen LogP contribution in [0.4, 0.5) is 5.82 Å². The van der Waals surface area contributed by atoms with Crippen LogP contribution in [0.25, 0.3) is 0 Å². The molecule has 1 saturated carbocycles. The quantitative estimate of drug-likeness (QED) is 0.890. The third kappa shape index (κ3) is 4.04. The number of nitrogens with one attached hydrogen (secondary N) is 1. The van der Waals surface area contributed by atoms with Gasteiger partial charge in [-0.05, 0) is 26.7 Å². The van der Waals surface area contributed by atoms with E-state index in [4.69, 9.17) is 4.98 Å². The van der Waals surface area contributed by atoms with Gasteiger partial charge in [0.05, 0.1) is 6.04 Å². The molecule has 6 nitrogen and oxygen atoms in total. The maximum absolute atomic E-state index is 12.2. The summed E-state index contributed by atoms with van der Waals surface area (Å²) in [6, 6.07) is 2.44. The summed E-state index contributed by atoms with van der Waals surface area (Å²) in [7, 11) is 0. The third-order valence-corrected chi connectivity index (χ3v) is 4.86. The predicted molar refractivity (Wildman–Crippen MR) is 95.3 cm³/mol. The summed E-state index contributed by atoms with van der Waals surface area (Å²) in [5.74, 6) is 2.42. The zero-order valence-electron chi connectivity index (χ0n) is 15.2. The lowest BCUT2D eigenvalue weighted by Crippen LogP contribution is -2.54. The van der Waals surface area contributed by atoms with Crippen molar-refractivity contribution in [3.05, 3.63) is 17.6 Å². The largest absolute Gasteiger partial charge is 0.354 e. The van der Waals surface area contributed by atoms with Gasteiger partial charge < -0.3 is 10.2 Å². The van der Waals surface area contributed by atoms with E-state index in [9.17, 15) is 4.79 Å². The smallest absolute Gasteiger partial charge is 0.237 e. The highest BCUT2D eigenvalue weighted by atomic mass is 16.2. The van der Waals surface area contributed by atoms with Crippen molar-refractivity contribution in [3.63, 3.8) is 0 Å². The van der Waals surface area contributed by atoms with Crippen LogP contribution in [0, 0.1) is 6.92 Å². The Labute approximate surface area is 144 Å². The Balaban J connectivity index is 1.59. The summed E-state index contributed by atoms with van der Waals surface area (Å²) < 4.78 is 0. The third-order valence-electron chi connectivity index (χ3n) is 4.86. The second kappa shape index (κ2) is 7.05. The second-order valence-electron chi connectivity index (χ2n) is 7.36. The molecule has 1 N–H and O–H groups in total. The molecule has 1 amide bonds. The minimum atomic E-state index is -0.0499. The van der Waals surface area contributed by atoms with E-state index in [1.54, 1.807) is 0 Å². The average molecular weight is 331 g/mol. The first-order chi connectivity index (χ1) is 11.4. The molecular formula is C18H29N5O. The van der Waals surface area contributed by atoms with Crippen LogP contribution in [-0.4, -0.2) is 59.0 Å². The first-order valence-corrected chi connectivity index (χ1v) is 9.09. The van der Waals surface area contributed by atoms with E-state index in [1.165, 1.54) is 0 Å². The van der Waals surface area contributed by atoms with Gasteiger partial charge in [0.15, 0.2) is 0 Å². The molecule has 24 heavy (non-hydrogen) atoms. The zero-order chi connectivity index (χ0) is 17.3. The van der Waals surface area contributed by atoms with E-state index < -0.39 is 0 Å². The van der Waals surface area contributed by atoms with Crippen molar-refractivity contribution in [2.24, 2.45) is 0 Å². The fraction of sp³-hybridized carbons (Fsp3) is 0.722. The van der Waals surface area contributed by atoms with Crippen LogP contribution in [0.2, 0.25) is 0 Å². The molecule has 132 valence electrons. The summed E-state index contributed by atoms with van der Waals surface area (Å²) in [6.07, 6.45) is 2.27. The van der Waals surface area contributed by atoms with E-state index in [0.717, 1.165) is 56.4 Å². The lowest BCUT2D eigenvalue weighted by atomic mass is 10.2. The lowest BCUT2D eigenvalue weighted by Gasteiger charge is -2.38. The Morgan fingerprint density at radius 1 is 1.17 bits per heavy atom. The van der Waals surface area contributed by atoms with E-state index in [-0.39, 0.29) is 11.9 Å². The van der Waals surface area contributed by atoms with Crippen LogP contribution < -0.4 is 10.2 Å². The molecule has 3 rings (SSSR count). The topological polar surface area (TPSA) is 61.4 Å². The summed E-state index contributed by atoms with van der Waals surface area (Å²) in [5.41, 5.74) is 1.02. The molecule has 6 heteroatoms. The van der Waals surface area contributed by atoms with E-state index >= 15 is 0 Å². The second-order valence-corrected chi connectivity index (χ2v) is 7.36. The van der Waals surface area contributed by atoms with Crippen LogP contribution in [-0.2, 0) is 4.79 Å². The molecule has 0 aromatic carbocycles. The fourth-order valence-corrected chi connectivity index (χ4v) is 3.05. The van der Waals surface area contributed by atoms with Crippen LogP contribution in [0.15, 0.2) is 6.07 Å². The number of piperazine rings is 1. The van der Waals surface area contributed by atoms with Gasteiger partial charge >= 0.3 is 0 Å². The molecule has 1 aromatic heterocycles. The molecular weight excluding hydrogens is 302 g/mol. The molecule has 1 aliphatic heterocycles. The number of amides is 1. The Morgan fingerprint density at radius 3 is 2.42 bits per heavy atom. The summed E-state index contributed by atoms with van der Waals surface area (Å²) in [4.78, 5) is 26.1. The molecule has 0 radical (unpaired) electrons. The van der Waals surface area contributed by atoms with Crippen LogP contribution in [0.1, 0.15) is 51.0 Å². The molecule has 1 aromatic rings. The van der Waals surface area contributed by atoms with E-state index in [0.29, 0.717) is 12.0 Å². The highest BCUT2D eigenvalue weighted by Gasteiger charge is 2.30. The number of nitrogens with zero attached hydrogens (tertiary/aromatic N) is 4. The van der Waals surface area contributed by atoms with Crippen molar-refractivity contribution < 1.29 is 4.79 Å². The first kappa shape index (κ1) is 17.1. The standard InChI is InChI=1S/C18H29N5O/c1-12(2)17-19-13(3)11-16(21-17)23-9-7-22(8-10-23)14(4)18(24)20-15-5-6-15/h11-12,14-15H,5-10H2,1-4H3,(H,20,24). The normalized spacial score (nSPS) is 20.3. The molecule has 1 aliphatic carbocycles. The van der Waals surface area contributed by atoms with Gasteiger partial charge in [-0.3, -0.25) is 9.69 Å². The highest BCUT2D eigenvalue weighted by Crippen LogP contribution is 2.21. The SMILES string of the molecule is Cc1cc(N2CCN(C(C)C(=O)NC3CC3)CC2)nc(C(C)C)n1. The van der Waals surface area contributed by atoms with Gasteiger partial charge in [-0.1, -0.05) is 13.8 Å². The molecule has 2 fully saturated rings. The maximum atomic E-state index is 12.2. The molecule has 0 spiro atoms. The molecule has 2 heterocycles. The number of carbonyl (C=O) groups excluding carboxylic acids is 1. The number of carbonyl (C=O) groups is 1. The Hall–Kier alpha value is -1.69. The van der Waals surface area contributed by atoms with Crippen LogP contribution in [0.3, 0.4) is 0 Å². The Morgan fingerprint density at radius 2 is 1.83 bits per heavy atom. The maximum Gasteiger partial charge on any atom is 0.237 e. The number of aryl methyl sites for hydroxylation is 1. The number of hydrogen-bond acceptors (Lipinski definition) is 5.